The Labute approximate surface area is 160 Å². The predicted octanol–water partition coefficient (Wildman–Crippen LogP) is 2.55. The van der Waals surface area contributed by atoms with Crippen LogP contribution in [0.25, 0.3) is 16.9 Å². The molecule has 4 rings (SSSR count). The maximum atomic E-state index is 12.4. The van der Waals surface area contributed by atoms with E-state index >= 15 is 0 Å². The van der Waals surface area contributed by atoms with Crippen molar-refractivity contribution in [3.63, 3.8) is 0 Å². The number of para-hydroxylation sites is 1. The molecule has 0 fully saturated rings. The second kappa shape index (κ2) is 7.71. The van der Waals surface area contributed by atoms with Crippen molar-refractivity contribution in [1.82, 2.24) is 25.1 Å². The van der Waals surface area contributed by atoms with Crippen molar-refractivity contribution in [1.29, 1.82) is 0 Å². The van der Waals surface area contributed by atoms with Crippen LogP contribution in [0.1, 0.15) is 15.9 Å². The minimum Gasteiger partial charge on any atom is -0.348 e. The molecule has 3 aromatic heterocycles. The molecule has 28 heavy (non-hydrogen) atoms. The first-order valence-corrected chi connectivity index (χ1v) is 8.72. The number of aromatic nitrogens is 4. The molecule has 0 saturated carbocycles. The molecule has 0 aliphatic carbocycles. The molecule has 7 heteroatoms. The van der Waals surface area contributed by atoms with Crippen LogP contribution >= 0.6 is 0 Å². The smallest absolute Gasteiger partial charge is 0.260 e. The van der Waals surface area contributed by atoms with Gasteiger partial charge in [0, 0.05) is 42.5 Å². The van der Waals surface area contributed by atoms with Crippen LogP contribution in [-0.4, -0.2) is 25.7 Å². The molecule has 1 amide bonds. The normalized spacial score (nSPS) is 10.6. The van der Waals surface area contributed by atoms with Crippen LogP contribution in [0.4, 0.5) is 0 Å². The van der Waals surface area contributed by atoms with Gasteiger partial charge < -0.3 is 10.3 Å². The van der Waals surface area contributed by atoms with Crippen LogP contribution < -0.4 is 10.9 Å². The molecule has 4 aromatic rings. The Balaban J connectivity index is 1.65. The molecule has 0 radical (unpaired) electrons. The quantitative estimate of drug-likeness (QED) is 0.564. The van der Waals surface area contributed by atoms with Gasteiger partial charge in [0.1, 0.15) is 5.56 Å². The van der Waals surface area contributed by atoms with E-state index in [-0.39, 0.29) is 12.1 Å². The lowest BCUT2D eigenvalue weighted by molar-refractivity contribution is 0.0949. The van der Waals surface area contributed by atoms with Crippen LogP contribution in [-0.2, 0) is 6.54 Å². The lowest BCUT2D eigenvalue weighted by atomic mass is 10.1. The molecule has 0 spiro atoms. The van der Waals surface area contributed by atoms with Gasteiger partial charge in [-0.15, -0.1) is 0 Å². The van der Waals surface area contributed by atoms with E-state index in [1.807, 2.05) is 48.7 Å². The second-order valence-electron chi connectivity index (χ2n) is 6.11. The molecule has 0 aliphatic heterocycles. The Morgan fingerprint density at radius 2 is 1.82 bits per heavy atom. The number of rotatable bonds is 5. The second-order valence-corrected chi connectivity index (χ2v) is 6.11. The van der Waals surface area contributed by atoms with Crippen molar-refractivity contribution in [2.45, 2.75) is 6.54 Å². The lowest BCUT2D eigenvalue weighted by Gasteiger charge is -2.05. The number of hydrogen-bond donors (Lipinski definition) is 2. The Kier molecular flexibility index (Phi) is 4.79. The van der Waals surface area contributed by atoms with Gasteiger partial charge in [0.2, 0.25) is 0 Å². The number of H-pyrrole nitrogens is 1. The molecule has 0 atom stereocenters. The zero-order chi connectivity index (χ0) is 19.3. The number of carbonyl (C=O) groups excluding carboxylic acids is 1. The van der Waals surface area contributed by atoms with Crippen molar-refractivity contribution in [3.05, 3.63) is 101 Å². The Morgan fingerprint density at radius 1 is 1.04 bits per heavy atom. The summed E-state index contributed by atoms with van der Waals surface area (Å²) in [5.74, 6) is -0.435. The zero-order valence-corrected chi connectivity index (χ0v) is 14.9. The van der Waals surface area contributed by atoms with Crippen molar-refractivity contribution >= 4 is 5.91 Å². The third kappa shape index (κ3) is 3.59. The highest BCUT2D eigenvalue weighted by Gasteiger charge is 2.15. The minimum absolute atomic E-state index is 0.0726. The molecule has 2 N–H and O–H groups in total. The Bertz CT molecular complexity index is 1150. The third-order valence-electron chi connectivity index (χ3n) is 4.27. The van der Waals surface area contributed by atoms with Gasteiger partial charge in [-0.05, 0) is 36.4 Å². The maximum Gasteiger partial charge on any atom is 0.260 e. The summed E-state index contributed by atoms with van der Waals surface area (Å²) >= 11 is 0. The van der Waals surface area contributed by atoms with Gasteiger partial charge in [0.05, 0.1) is 11.4 Å². The largest absolute Gasteiger partial charge is 0.348 e. The van der Waals surface area contributed by atoms with Crippen LogP contribution in [0.5, 0.6) is 0 Å². The molecule has 0 unspecified atom stereocenters. The van der Waals surface area contributed by atoms with Gasteiger partial charge in [0.25, 0.3) is 11.5 Å². The van der Waals surface area contributed by atoms with Gasteiger partial charge in [0.15, 0.2) is 0 Å². The summed E-state index contributed by atoms with van der Waals surface area (Å²) in [6.45, 7) is 0.234. The summed E-state index contributed by atoms with van der Waals surface area (Å²) in [4.78, 5) is 30.8. The average Bonchev–Trinajstić information content (AvgIpc) is 3.18. The first-order valence-electron chi connectivity index (χ1n) is 8.72. The number of pyridine rings is 2. The molecule has 0 bridgehead atoms. The Morgan fingerprint density at radius 3 is 2.57 bits per heavy atom. The monoisotopic (exact) mass is 371 g/mol. The van der Waals surface area contributed by atoms with Gasteiger partial charge in [-0.25, -0.2) is 4.68 Å². The van der Waals surface area contributed by atoms with Crippen molar-refractivity contribution in [2.24, 2.45) is 0 Å². The Hall–Kier alpha value is -4.00. The molecule has 3 heterocycles. The number of nitrogens with one attached hydrogen (secondary N) is 2. The number of hydrogen-bond acceptors (Lipinski definition) is 4. The van der Waals surface area contributed by atoms with E-state index in [0.29, 0.717) is 0 Å². The number of amides is 1. The summed E-state index contributed by atoms with van der Waals surface area (Å²) in [6.07, 6.45) is 6.76. The van der Waals surface area contributed by atoms with Crippen LogP contribution in [0.3, 0.4) is 0 Å². The highest BCUT2D eigenvalue weighted by Crippen LogP contribution is 2.23. The molecule has 1 aromatic carbocycles. The van der Waals surface area contributed by atoms with Crippen molar-refractivity contribution < 1.29 is 4.79 Å². The standard InChI is InChI=1S/C21H17N5O2/c27-20-18(7-4-10-23-20)21(28)24-13-16-14-26(17-5-2-1-3-6-17)25-19(16)15-8-11-22-12-9-15/h1-12,14H,13H2,(H,23,27)(H,24,28). The number of benzene rings is 1. The van der Waals surface area contributed by atoms with Crippen LogP contribution in [0, 0.1) is 0 Å². The fourth-order valence-corrected chi connectivity index (χ4v) is 2.88. The van der Waals surface area contributed by atoms with E-state index in [2.05, 4.69) is 20.4 Å². The SMILES string of the molecule is O=C(NCc1cn(-c2ccccc2)nc1-c1ccncc1)c1ccc[nH]c1=O. The predicted molar refractivity (Wildman–Crippen MR) is 105 cm³/mol. The fraction of sp³-hybridized carbons (Fsp3) is 0.0476. The van der Waals surface area contributed by atoms with E-state index in [1.54, 1.807) is 23.1 Å². The average molecular weight is 371 g/mol. The van der Waals surface area contributed by atoms with Gasteiger partial charge in [-0.1, -0.05) is 18.2 Å². The van der Waals surface area contributed by atoms with E-state index in [0.717, 1.165) is 22.5 Å². The molecule has 0 aliphatic rings. The summed E-state index contributed by atoms with van der Waals surface area (Å²) in [6, 6.07) is 16.6. The summed E-state index contributed by atoms with van der Waals surface area (Å²) < 4.78 is 1.77. The highest BCUT2D eigenvalue weighted by molar-refractivity contribution is 5.93. The molecule has 138 valence electrons. The van der Waals surface area contributed by atoms with Gasteiger partial charge in [-0.3, -0.25) is 14.6 Å². The van der Waals surface area contributed by atoms with Crippen LogP contribution in [0.2, 0.25) is 0 Å². The fourth-order valence-electron chi connectivity index (χ4n) is 2.88. The van der Waals surface area contributed by atoms with Crippen LogP contribution in [0.15, 0.2) is 84.2 Å². The third-order valence-corrected chi connectivity index (χ3v) is 4.27. The number of carbonyl (C=O) groups is 1. The molecule has 0 saturated heterocycles. The highest BCUT2D eigenvalue weighted by atomic mass is 16.2. The van der Waals surface area contributed by atoms with E-state index in [9.17, 15) is 9.59 Å². The van der Waals surface area contributed by atoms with Crippen molar-refractivity contribution in [2.75, 3.05) is 0 Å². The topological polar surface area (TPSA) is 92.7 Å². The van der Waals surface area contributed by atoms with E-state index in [1.165, 1.54) is 12.3 Å². The first-order chi connectivity index (χ1) is 13.7. The summed E-state index contributed by atoms with van der Waals surface area (Å²) in [7, 11) is 0. The molecular weight excluding hydrogens is 354 g/mol. The summed E-state index contributed by atoms with van der Waals surface area (Å²) in [5.41, 5.74) is 3.03. The molecular formula is C21H17N5O2. The number of nitrogens with zero attached hydrogens (tertiary/aromatic N) is 3. The lowest BCUT2D eigenvalue weighted by Crippen LogP contribution is -2.28. The van der Waals surface area contributed by atoms with E-state index in [4.69, 9.17) is 0 Å². The van der Waals surface area contributed by atoms with Crippen molar-refractivity contribution in [3.8, 4) is 16.9 Å². The van der Waals surface area contributed by atoms with Gasteiger partial charge in [-0.2, -0.15) is 5.10 Å². The summed E-state index contributed by atoms with van der Waals surface area (Å²) in [5, 5.41) is 7.49. The number of aromatic amines is 1. The first kappa shape index (κ1) is 17.4. The minimum atomic E-state index is -0.435. The van der Waals surface area contributed by atoms with Gasteiger partial charge >= 0.3 is 0 Å². The molecule has 7 nitrogen and oxygen atoms in total. The van der Waals surface area contributed by atoms with E-state index < -0.39 is 11.5 Å². The maximum absolute atomic E-state index is 12.4. The zero-order valence-electron chi connectivity index (χ0n) is 14.9.